The molecule has 1 aromatic carbocycles. The fourth-order valence-electron chi connectivity index (χ4n) is 3.50. The van der Waals surface area contributed by atoms with E-state index in [0.29, 0.717) is 28.1 Å². The fraction of sp³-hybridized carbons (Fsp3) is 0.556. The first-order chi connectivity index (χ1) is 11.5. The Morgan fingerprint density at radius 1 is 1.04 bits per heavy atom. The van der Waals surface area contributed by atoms with Crippen molar-refractivity contribution in [2.75, 3.05) is 19.6 Å². The third kappa shape index (κ3) is 3.55. The minimum absolute atomic E-state index is 0.0906. The van der Waals surface area contributed by atoms with Crippen LogP contribution in [0.2, 0.25) is 10.0 Å². The lowest BCUT2D eigenvalue weighted by Crippen LogP contribution is -2.49. The Morgan fingerprint density at radius 2 is 1.75 bits per heavy atom. The van der Waals surface area contributed by atoms with E-state index in [-0.39, 0.29) is 17.9 Å². The lowest BCUT2D eigenvalue weighted by molar-refractivity contribution is -0.136. The monoisotopic (exact) mass is 368 g/mol. The molecule has 0 bridgehead atoms. The zero-order chi connectivity index (χ0) is 17.3. The highest BCUT2D eigenvalue weighted by molar-refractivity contribution is 6.42. The molecule has 1 atom stereocenters. The van der Waals surface area contributed by atoms with Crippen molar-refractivity contribution in [2.45, 2.75) is 38.6 Å². The predicted octanol–water partition coefficient (Wildman–Crippen LogP) is 3.86. The van der Waals surface area contributed by atoms with Crippen molar-refractivity contribution >= 4 is 35.0 Å². The highest BCUT2D eigenvalue weighted by atomic mass is 35.5. The van der Waals surface area contributed by atoms with Gasteiger partial charge in [-0.1, -0.05) is 30.1 Å². The summed E-state index contributed by atoms with van der Waals surface area (Å²) >= 11 is 11.9. The van der Waals surface area contributed by atoms with Crippen LogP contribution in [0.1, 0.15) is 43.0 Å². The van der Waals surface area contributed by atoms with Gasteiger partial charge in [0.1, 0.15) is 6.04 Å². The number of benzene rings is 1. The summed E-state index contributed by atoms with van der Waals surface area (Å²) in [7, 11) is 0. The molecule has 0 N–H and O–H groups in total. The average Bonchev–Trinajstić information content (AvgIpc) is 3.06. The number of nitrogens with zero attached hydrogens (tertiary/aromatic N) is 2. The number of halogens is 2. The smallest absolute Gasteiger partial charge is 0.254 e. The van der Waals surface area contributed by atoms with Crippen LogP contribution in [0.15, 0.2) is 18.2 Å². The lowest BCUT2D eigenvalue weighted by Gasteiger charge is -2.34. The van der Waals surface area contributed by atoms with E-state index < -0.39 is 0 Å². The number of likely N-dealkylation sites (tertiary alicyclic amines) is 2. The van der Waals surface area contributed by atoms with Crippen LogP contribution in [-0.2, 0) is 4.79 Å². The molecule has 2 amide bonds. The molecule has 0 aromatic heterocycles. The number of carbonyl (C=O) groups is 2. The Morgan fingerprint density at radius 3 is 2.42 bits per heavy atom. The van der Waals surface area contributed by atoms with E-state index in [9.17, 15) is 9.59 Å². The Kier molecular flexibility index (Phi) is 5.36. The van der Waals surface area contributed by atoms with Gasteiger partial charge in [0.2, 0.25) is 5.91 Å². The van der Waals surface area contributed by atoms with Crippen LogP contribution >= 0.6 is 23.2 Å². The predicted molar refractivity (Wildman–Crippen MR) is 95.5 cm³/mol. The Labute approximate surface area is 152 Å². The average molecular weight is 369 g/mol. The zero-order valence-corrected chi connectivity index (χ0v) is 15.3. The molecule has 2 heterocycles. The van der Waals surface area contributed by atoms with Gasteiger partial charge in [0, 0.05) is 25.2 Å². The van der Waals surface area contributed by atoms with Gasteiger partial charge >= 0.3 is 0 Å². The van der Waals surface area contributed by atoms with Gasteiger partial charge in [-0.15, -0.1) is 0 Å². The molecule has 4 nitrogen and oxygen atoms in total. The van der Waals surface area contributed by atoms with Crippen molar-refractivity contribution in [1.82, 2.24) is 9.80 Å². The van der Waals surface area contributed by atoms with Gasteiger partial charge in [0.25, 0.3) is 5.91 Å². The second-order valence-electron chi connectivity index (χ2n) is 6.79. The van der Waals surface area contributed by atoms with E-state index in [1.54, 1.807) is 23.1 Å². The summed E-state index contributed by atoms with van der Waals surface area (Å²) in [6.45, 7) is 4.42. The first-order valence-corrected chi connectivity index (χ1v) is 9.28. The van der Waals surface area contributed by atoms with Crippen molar-refractivity contribution in [3.8, 4) is 0 Å². The molecule has 3 rings (SSSR count). The van der Waals surface area contributed by atoms with Gasteiger partial charge in [-0.25, -0.2) is 0 Å². The van der Waals surface area contributed by atoms with E-state index in [1.807, 2.05) is 4.90 Å². The maximum Gasteiger partial charge on any atom is 0.254 e. The third-order valence-electron chi connectivity index (χ3n) is 5.06. The van der Waals surface area contributed by atoms with Gasteiger partial charge in [0.15, 0.2) is 0 Å². The van der Waals surface area contributed by atoms with Crippen molar-refractivity contribution in [2.24, 2.45) is 5.92 Å². The summed E-state index contributed by atoms with van der Waals surface area (Å²) in [4.78, 5) is 29.3. The van der Waals surface area contributed by atoms with Crippen molar-refractivity contribution in [1.29, 1.82) is 0 Å². The van der Waals surface area contributed by atoms with Gasteiger partial charge < -0.3 is 9.80 Å². The van der Waals surface area contributed by atoms with E-state index >= 15 is 0 Å². The number of rotatable bonds is 2. The molecule has 6 heteroatoms. The molecule has 2 aliphatic heterocycles. The maximum absolute atomic E-state index is 12.9. The summed E-state index contributed by atoms with van der Waals surface area (Å²) in [6, 6.07) is 4.52. The van der Waals surface area contributed by atoms with Crippen LogP contribution in [0.25, 0.3) is 0 Å². The number of hydrogen-bond donors (Lipinski definition) is 0. The molecular weight excluding hydrogens is 347 g/mol. The largest absolute Gasteiger partial charge is 0.341 e. The second kappa shape index (κ2) is 7.32. The SMILES string of the molecule is CC1CCN(C(=O)[C@@H]2CCCN2C(=O)c2ccc(Cl)c(Cl)c2)CC1. The standard InChI is InChI=1S/C18H22Cl2N2O2/c1-12-6-9-21(10-7-12)18(24)16-3-2-8-22(16)17(23)13-4-5-14(19)15(20)11-13/h4-5,11-12,16H,2-3,6-10H2,1H3/t16-/m0/s1. The number of piperidine rings is 1. The summed E-state index contributed by atoms with van der Waals surface area (Å²) in [5.74, 6) is 0.620. The van der Waals surface area contributed by atoms with E-state index in [2.05, 4.69) is 6.92 Å². The molecule has 1 aromatic rings. The highest BCUT2D eigenvalue weighted by Crippen LogP contribution is 2.27. The Bertz CT molecular complexity index is 642. The van der Waals surface area contributed by atoms with E-state index in [0.717, 1.165) is 38.8 Å². The van der Waals surface area contributed by atoms with Crippen molar-refractivity contribution in [3.05, 3.63) is 33.8 Å². The van der Waals surface area contributed by atoms with E-state index in [1.165, 1.54) is 0 Å². The topological polar surface area (TPSA) is 40.6 Å². The summed E-state index contributed by atoms with van der Waals surface area (Å²) in [5, 5.41) is 0.777. The second-order valence-corrected chi connectivity index (χ2v) is 7.61. The van der Waals surface area contributed by atoms with Crippen molar-refractivity contribution < 1.29 is 9.59 Å². The van der Waals surface area contributed by atoms with Crippen LogP contribution in [0.4, 0.5) is 0 Å². The van der Waals surface area contributed by atoms with Crippen LogP contribution in [0.5, 0.6) is 0 Å². The quantitative estimate of drug-likeness (QED) is 0.794. The third-order valence-corrected chi connectivity index (χ3v) is 5.80. The molecular formula is C18H22Cl2N2O2. The van der Waals surface area contributed by atoms with Gasteiger partial charge in [0.05, 0.1) is 10.0 Å². The molecule has 24 heavy (non-hydrogen) atoms. The van der Waals surface area contributed by atoms with Crippen LogP contribution in [0, 0.1) is 5.92 Å². The first-order valence-electron chi connectivity index (χ1n) is 8.52. The molecule has 0 aliphatic carbocycles. The molecule has 130 valence electrons. The molecule has 2 fully saturated rings. The Balaban J connectivity index is 1.73. The number of amides is 2. The Hall–Kier alpha value is -1.26. The molecule has 0 radical (unpaired) electrons. The van der Waals surface area contributed by atoms with Gasteiger partial charge in [-0.2, -0.15) is 0 Å². The van der Waals surface area contributed by atoms with Crippen LogP contribution in [0.3, 0.4) is 0 Å². The normalized spacial score (nSPS) is 22.0. The van der Waals surface area contributed by atoms with Crippen LogP contribution in [-0.4, -0.2) is 47.3 Å². The lowest BCUT2D eigenvalue weighted by atomic mass is 9.98. The van der Waals surface area contributed by atoms with Crippen molar-refractivity contribution in [3.63, 3.8) is 0 Å². The molecule has 0 saturated carbocycles. The minimum atomic E-state index is -0.347. The minimum Gasteiger partial charge on any atom is -0.341 e. The molecule has 2 saturated heterocycles. The van der Waals surface area contributed by atoms with Crippen LogP contribution < -0.4 is 0 Å². The first kappa shape index (κ1) is 17.6. The summed E-state index contributed by atoms with van der Waals surface area (Å²) in [6.07, 6.45) is 3.67. The maximum atomic E-state index is 12.9. The van der Waals surface area contributed by atoms with E-state index in [4.69, 9.17) is 23.2 Å². The highest BCUT2D eigenvalue weighted by Gasteiger charge is 2.37. The summed E-state index contributed by atoms with van der Waals surface area (Å²) in [5.41, 5.74) is 0.483. The fourth-order valence-corrected chi connectivity index (χ4v) is 3.80. The van der Waals surface area contributed by atoms with Gasteiger partial charge in [-0.05, 0) is 49.8 Å². The van der Waals surface area contributed by atoms with Gasteiger partial charge in [-0.3, -0.25) is 9.59 Å². The zero-order valence-electron chi connectivity index (χ0n) is 13.8. The molecule has 2 aliphatic rings. The molecule has 0 spiro atoms. The number of carbonyl (C=O) groups excluding carboxylic acids is 2. The number of hydrogen-bond acceptors (Lipinski definition) is 2. The summed E-state index contributed by atoms with van der Waals surface area (Å²) < 4.78 is 0. The molecule has 0 unspecified atom stereocenters.